The SMILES string of the molecule is N#Cc1ccnc(N2C(=O)C(O)CC2(C(=O)Nc2cccc(F)c2)[C@@H](C(=O)NC2CCC(F)(F)CC2)c2ccccc2Cl)n1. The summed E-state index contributed by atoms with van der Waals surface area (Å²) in [7, 11) is 0. The van der Waals surface area contributed by atoms with Gasteiger partial charge in [0.2, 0.25) is 17.8 Å². The van der Waals surface area contributed by atoms with Gasteiger partial charge in [-0.3, -0.25) is 19.3 Å². The molecule has 1 saturated heterocycles. The van der Waals surface area contributed by atoms with Crippen LogP contribution in [0.5, 0.6) is 0 Å². The Labute approximate surface area is 254 Å². The number of nitrogens with one attached hydrogen (secondary N) is 2. The Kier molecular flexibility index (Phi) is 8.58. The number of hydrogen-bond acceptors (Lipinski definition) is 7. The number of aromatic nitrogens is 2. The Morgan fingerprint density at radius 1 is 1.14 bits per heavy atom. The molecule has 0 radical (unpaired) electrons. The maximum absolute atomic E-state index is 14.5. The molecule has 2 fully saturated rings. The minimum Gasteiger partial charge on any atom is -0.383 e. The molecule has 2 unspecified atom stereocenters. The Morgan fingerprint density at radius 2 is 1.86 bits per heavy atom. The first-order chi connectivity index (χ1) is 20.9. The number of anilines is 2. The Morgan fingerprint density at radius 3 is 2.55 bits per heavy atom. The third kappa shape index (κ3) is 5.95. The van der Waals surface area contributed by atoms with Crippen molar-refractivity contribution < 1.29 is 32.7 Å². The van der Waals surface area contributed by atoms with Crippen LogP contribution >= 0.6 is 11.6 Å². The van der Waals surface area contributed by atoms with Crippen molar-refractivity contribution in [2.75, 3.05) is 10.2 Å². The first kappa shape index (κ1) is 30.9. The molecule has 2 aromatic carbocycles. The molecule has 1 aliphatic heterocycles. The van der Waals surface area contributed by atoms with Gasteiger partial charge in [-0.2, -0.15) is 5.26 Å². The predicted octanol–water partition coefficient (Wildman–Crippen LogP) is 4.09. The van der Waals surface area contributed by atoms with E-state index in [1.54, 1.807) is 12.1 Å². The molecule has 228 valence electrons. The van der Waals surface area contributed by atoms with Gasteiger partial charge >= 0.3 is 0 Å². The van der Waals surface area contributed by atoms with Crippen molar-refractivity contribution in [3.8, 4) is 6.07 Å². The molecule has 3 amide bonds. The summed E-state index contributed by atoms with van der Waals surface area (Å²) in [6.45, 7) is 0. The number of hydrogen-bond donors (Lipinski definition) is 3. The molecule has 2 heterocycles. The van der Waals surface area contributed by atoms with Gasteiger partial charge in [0, 0.05) is 42.2 Å². The predicted molar refractivity (Wildman–Crippen MR) is 152 cm³/mol. The lowest BCUT2D eigenvalue weighted by molar-refractivity contribution is -0.132. The van der Waals surface area contributed by atoms with Crippen LogP contribution in [0.3, 0.4) is 0 Å². The summed E-state index contributed by atoms with van der Waals surface area (Å²) >= 11 is 6.58. The minimum atomic E-state index is -2.88. The van der Waals surface area contributed by atoms with Crippen LogP contribution in [0.1, 0.15) is 49.3 Å². The third-order valence-corrected chi connectivity index (χ3v) is 8.21. The van der Waals surface area contributed by atoms with E-state index in [0.717, 1.165) is 17.0 Å². The summed E-state index contributed by atoms with van der Waals surface area (Å²) in [6, 6.07) is 13.3. The Bertz CT molecular complexity index is 1640. The quantitative estimate of drug-likeness (QED) is 0.358. The van der Waals surface area contributed by atoms with Gasteiger partial charge in [-0.15, -0.1) is 0 Å². The molecule has 14 heteroatoms. The summed E-state index contributed by atoms with van der Waals surface area (Å²) in [6.07, 6.45) is -2.35. The number of carbonyl (C=O) groups is 3. The second kappa shape index (κ2) is 12.2. The number of halogens is 4. The lowest BCUT2D eigenvalue weighted by Gasteiger charge is -2.42. The number of benzene rings is 2. The fraction of sp³-hybridized carbons (Fsp3) is 0.333. The van der Waals surface area contributed by atoms with Gasteiger partial charge in [0.25, 0.3) is 11.8 Å². The van der Waals surface area contributed by atoms with E-state index in [4.69, 9.17) is 11.6 Å². The highest BCUT2D eigenvalue weighted by Gasteiger charge is 2.64. The van der Waals surface area contributed by atoms with Gasteiger partial charge in [-0.1, -0.05) is 35.9 Å². The molecular formula is C30H26ClF3N6O4. The van der Waals surface area contributed by atoms with Crippen LogP contribution in [-0.4, -0.2) is 56.4 Å². The monoisotopic (exact) mass is 626 g/mol. The first-order valence-electron chi connectivity index (χ1n) is 13.7. The fourth-order valence-corrected chi connectivity index (χ4v) is 6.03. The standard InChI is InChI=1S/C30H26ClF3N6O4/c31-22-7-2-1-6-21(22)24(25(42)37-18-8-11-29(33,34)12-9-18)30(27(44)38-19-5-3-4-17(32)14-19)15-23(41)26(43)40(30)28-36-13-10-20(16-35)39-28/h1-7,10,13-14,18,23-24,41H,8-9,11-12,15H2,(H,37,42)(H,38,44)/t23?,24-,30?/m1/s1. The number of aliphatic hydroxyl groups is 1. The summed E-state index contributed by atoms with van der Waals surface area (Å²) in [4.78, 5) is 51.4. The molecule has 5 rings (SSSR count). The van der Waals surface area contributed by atoms with Gasteiger partial charge in [-0.25, -0.2) is 23.1 Å². The topological polar surface area (TPSA) is 148 Å². The summed E-state index contributed by atoms with van der Waals surface area (Å²) < 4.78 is 41.9. The van der Waals surface area contributed by atoms with E-state index in [-0.39, 0.29) is 34.8 Å². The highest BCUT2D eigenvalue weighted by Crippen LogP contribution is 2.47. The molecule has 1 aliphatic carbocycles. The molecule has 3 atom stereocenters. The third-order valence-electron chi connectivity index (χ3n) is 7.86. The number of nitriles is 1. The van der Waals surface area contributed by atoms with E-state index in [1.807, 2.05) is 6.07 Å². The molecule has 0 bridgehead atoms. The largest absolute Gasteiger partial charge is 0.383 e. The molecule has 44 heavy (non-hydrogen) atoms. The minimum absolute atomic E-state index is 0.0253. The zero-order valence-corrected chi connectivity index (χ0v) is 23.8. The van der Waals surface area contributed by atoms with Gasteiger partial charge in [0.05, 0.1) is 5.92 Å². The Hall–Kier alpha value is -4.54. The summed E-state index contributed by atoms with van der Waals surface area (Å²) in [5.41, 5.74) is -2.47. The van der Waals surface area contributed by atoms with Crippen molar-refractivity contribution in [2.45, 2.75) is 61.6 Å². The highest BCUT2D eigenvalue weighted by atomic mass is 35.5. The van der Waals surface area contributed by atoms with Crippen LogP contribution in [-0.2, 0) is 14.4 Å². The van der Waals surface area contributed by atoms with Gasteiger partial charge in [0.1, 0.15) is 29.2 Å². The maximum Gasteiger partial charge on any atom is 0.259 e. The van der Waals surface area contributed by atoms with Crippen LogP contribution < -0.4 is 15.5 Å². The first-order valence-corrected chi connectivity index (χ1v) is 14.1. The van der Waals surface area contributed by atoms with Crippen molar-refractivity contribution in [3.05, 3.63) is 82.9 Å². The maximum atomic E-state index is 14.5. The molecule has 10 nitrogen and oxygen atoms in total. The van der Waals surface area contributed by atoms with E-state index >= 15 is 0 Å². The average Bonchev–Trinajstić information content (AvgIpc) is 3.25. The molecule has 1 saturated carbocycles. The second-order valence-electron chi connectivity index (χ2n) is 10.7. The molecule has 1 aromatic heterocycles. The van der Waals surface area contributed by atoms with Crippen LogP contribution in [0.25, 0.3) is 0 Å². The van der Waals surface area contributed by atoms with Crippen LogP contribution in [0.15, 0.2) is 60.8 Å². The van der Waals surface area contributed by atoms with E-state index in [9.17, 15) is 37.9 Å². The second-order valence-corrected chi connectivity index (χ2v) is 11.1. The Balaban J connectivity index is 1.70. The number of nitrogens with zero attached hydrogens (tertiary/aromatic N) is 4. The molecular weight excluding hydrogens is 601 g/mol. The van der Waals surface area contributed by atoms with Crippen molar-refractivity contribution in [2.24, 2.45) is 0 Å². The van der Waals surface area contributed by atoms with Crippen LogP contribution in [0.4, 0.5) is 24.8 Å². The zero-order chi connectivity index (χ0) is 31.6. The lowest BCUT2D eigenvalue weighted by Crippen LogP contribution is -2.62. The molecule has 0 spiro atoms. The number of carbonyl (C=O) groups excluding carboxylic acids is 3. The zero-order valence-electron chi connectivity index (χ0n) is 23.0. The van der Waals surface area contributed by atoms with Gasteiger partial charge < -0.3 is 15.7 Å². The van der Waals surface area contributed by atoms with E-state index in [2.05, 4.69) is 20.6 Å². The molecule has 2 aliphatic rings. The molecule has 3 N–H and O–H groups in total. The van der Waals surface area contributed by atoms with Gasteiger partial charge in [0.15, 0.2) is 0 Å². The van der Waals surface area contributed by atoms with Crippen molar-refractivity contribution in [3.63, 3.8) is 0 Å². The van der Waals surface area contributed by atoms with Crippen LogP contribution in [0.2, 0.25) is 5.02 Å². The van der Waals surface area contributed by atoms with E-state index in [0.29, 0.717) is 0 Å². The van der Waals surface area contributed by atoms with E-state index < -0.39 is 78.3 Å². The van der Waals surface area contributed by atoms with Crippen molar-refractivity contribution >= 4 is 41.0 Å². The lowest BCUT2D eigenvalue weighted by atomic mass is 9.74. The smallest absolute Gasteiger partial charge is 0.259 e. The molecule has 3 aromatic rings. The van der Waals surface area contributed by atoms with Gasteiger partial charge in [-0.05, 0) is 48.7 Å². The number of aliphatic hydroxyl groups excluding tert-OH is 1. The van der Waals surface area contributed by atoms with E-state index in [1.165, 1.54) is 36.5 Å². The van der Waals surface area contributed by atoms with Crippen molar-refractivity contribution in [1.82, 2.24) is 15.3 Å². The van der Waals surface area contributed by atoms with Crippen molar-refractivity contribution in [1.29, 1.82) is 5.26 Å². The number of rotatable bonds is 7. The van der Waals surface area contributed by atoms with Crippen LogP contribution in [0, 0.1) is 17.1 Å². The average molecular weight is 627 g/mol. The fourth-order valence-electron chi connectivity index (χ4n) is 5.79. The summed E-state index contributed by atoms with van der Waals surface area (Å²) in [5.74, 6) is -8.59. The normalized spacial score (nSPS) is 22.2. The summed E-state index contributed by atoms with van der Waals surface area (Å²) in [5, 5.41) is 25.8. The number of alkyl halides is 2. The number of amides is 3. The highest BCUT2D eigenvalue weighted by molar-refractivity contribution is 6.32.